The number of para-hydroxylation sites is 2. The molecule has 1 fully saturated rings. The van der Waals surface area contributed by atoms with Crippen LogP contribution in [-0.2, 0) is 12.8 Å². The molecule has 2 N–H and O–H groups in total. The van der Waals surface area contributed by atoms with Gasteiger partial charge in [0.15, 0.2) is 6.29 Å². The van der Waals surface area contributed by atoms with E-state index >= 15 is 0 Å². The van der Waals surface area contributed by atoms with Crippen LogP contribution >= 0.6 is 11.8 Å². The zero-order valence-electron chi connectivity index (χ0n) is 27.8. The van der Waals surface area contributed by atoms with Crippen LogP contribution < -0.4 is 10.6 Å². The van der Waals surface area contributed by atoms with Crippen molar-refractivity contribution in [2.75, 3.05) is 11.5 Å². The first kappa shape index (κ1) is 28.0. The van der Waals surface area contributed by atoms with Crippen LogP contribution in [0.15, 0.2) is 120 Å². The van der Waals surface area contributed by atoms with Crippen molar-refractivity contribution in [1.29, 1.82) is 0 Å². The van der Waals surface area contributed by atoms with E-state index < -0.39 is 0 Å². The van der Waals surface area contributed by atoms with Crippen molar-refractivity contribution in [2.45, 2.75) is 62.2 Å². The summed E-state index contributed by atoms with van der Waals surface area (Å²) in [5.74, 6) is 3.57. The zero-order valence-corrected chi connectivity index (χ0v) is 28.6. The number of thioether (sulfide) groups is 1. The molecule has 12 rings (SSSR count). The molecule has 50 heavy (non-hydrogen) atoms. The Labute approximate surface area is 295 Å². The number of amidine groups is 1. The third-order valence-electron chi connectivity index (χ3n) is 12.6. The summed E-state index contributed by atoms with van der Waals surface area (Å²) >= 11 is 2.14. The first-order valence-electron chi connectivity index (χ1n) is 18.4. The van der Waals surface area contributed by atoms with Gasteiger partial charge in [-0.2, -0.15) is 11.8 Å². The Kier molecular flexibility index (Phi) is 5.83. The second-order valence-corrected chi connectivity index (χ2v) is 15.9. The Bertz CT molecular complexity index is 2420. The Balaban J connectivity index is 1.13. The molecular formula is C43H38N6S. The molecule has 2 aromatic heterocycles. The van der Waals surface area contributed by atoms with Gasteiger partial charge in [-0.05, 0) is 54.5 Å². The molecule has 1 saturated heterocycles. The molecule has 6 nitrogen and oxygen atoms in total. The van der Waals surface area contributed by atoms with Gasteiger partial charge in [-0.1, -0.05) is 97.1 Å². The minimum atomic E-state index is -0.189. The minimum Gasteiger partial charge on any atom is -0.350 e. The number of nitrogens with zero attached hydrogens (tertiary/aromatic N) is 4. The maximum Gasteiger partial charge on any atom is 0.180 e. The number of allylic oxidation sites excluding steroid dienone is 1. The van der Waals surface area contributed by atoms with Crippen molar-refractivity contribution in [2.24, 2.45) is 4.99 Å². The molecule has 6 aliphatic rings. The Hall–Kier alpha value is -4.72. The van der Waals surface area contributed by atoms with Gasteiger partial charge in [-0.3, -0.25) is 5.32 Å². The van der Waals surface area contributed by atoms with E-state index in [1.54, 1.807) is 22.4 Å². The van der Waals surface area contributed by atoms with Crippen LogP contribution in [0.4, 0.5) is 0 Å². The van der Waals surface area contributed by atoms with Crippen LogP contribution in [0.3, 0.4) is 0 Å². The quantitative estimate of drug-likeness (QED) is 0.200. The largest absolute Gasteiger partial charge is 0.350 e. The molecule has 7 heteroatoms. The second kappa shape index (κ2) is 10.4. The highest BCUT2D eigenvalue weighted by Crippen LogP contribution is 2.61. The van der Waals surface area contributed by atoms with E-state index in [-0.39, 0.29) is 12.5 Å². The Morgan fingerprint density at radius 1 is 0.660 bits per heavy atom. The van der Waals surface area contributed by atoms with Crippen LogP contribution in [0.5, 0.6) is 0 Å². The van der Waals surface area contributed by atoms with Crippen molar-refractivity contribution in [3.63, 3.8) is 0 Å². The van der Waals surface area contributed by atoms with E-state index in [0.717, 1.165) is 48.6 Å². The smallest absolute Gasteiger partial charge is 0.180 e. The monoisotopic (exact) mass is 670 g/mol. The van der Waals surface area contributed by atoms with Crippen molar-refractivity contribution in [3.05, 3.63) is 149 Å². The molecule has 6 atom stereocenters. The molecule has 0 radical (unpaired) electrons. The summed E-state index contributed by atoms with van der Waals surface area (Å²) in [7, 11) is 0. The van der Waals surface area contributed by atoms with Gasteiger partial charge < -0.3 is 19.4 Å². The maximum absolute atomic E-state index is 5.58. The number of benzene rings is 4. The normalized spacial score (nSPS) is 27.5. The number of aliphatic imine (C=N–C) groups is 1. The molecular weight excluding hydrogens is 633 g/mol. The molecule has 0 spiro atoms. The van der Waals surface area contributed by atoms with Crippen molar-refractivity contribution < 1.29 is 0 Å². The molecule has 6 unspecified atom stereocenters. The van der Waals surface area contributed by atoms with E-state index in [9.17, 15) is 0 Å². The number of nitrogens with one attached hydrogen (secondary N) is 2. The number of aromatic nitrogens is 2. The van der Waals surface area contributed by atoms with E-state index in [2.05, 4.69) is 146 Å². The minimum absolute atomic E-state index is 0.0553. The maximum atomic E-state index is 5.58. The van der Waals surface area contributed by atoms with E-state index in [4.69, 9.17) is 4.99 Å². The molecule has 246 valence electrons. The number of rotatable bonds is 3. The molecule has 0 amide bonds. The fourth-order valence-corrected chi connectivity index (χ4v) is 12.1. The highest BCUT2D eigenvalue weighted by molar-refractivity contribution is 7.99. The highest BCUT2D eigenvalue weighted by Gasteiger charge is 2.54. The summed E-state index contributed by atoms with van der Waals surface area (Å²) in [4.78, 5) is 8.35. The van der Waals surface area contributed by atoms with Gasteiger partial charge in [0, 0.05) is 67.8 Å². The number of hydrogen-bond donors (Lipinski definition) is 2. The lowest BCUT2D eigenvalue weighted by Crippen LogP contribution is -2.57. The van der Waals surface area contributed by atoms with E-state index in [0.29, 0.717) is 24.0 Å². The first-order valence-corrected chi connectivity index (χ1v) is 19.5. The number of fused-ring (bicyclic) bond motifs is 9. The van der Waals surface area contributed by atoms with Gasteiger partial charge in [0.1, 0.15) is 12.0 Å². The summed E-state index contributed by atoms with van der Waals surface area (Å²) in [6.45, 7) is 0. The van der Waals surface area contributed by atoms with Crippen molar-refractivity contribution >= 4 is 45.0 Å². The average Bonchev–Trinajstić information content (AvgIpc) is 3.93. The second-order valence-electron chi connectivity index (χ2n) is 14.9. The SMILES string of the molecule is c1ccc(C2=NC(N3C4=C5c6c(c7ccccc7n6C6CSCC6n6c7c(c8ccccc86)CCC3C57)CC4)NC(c3ccccc3)N2)cc1. The van der Waals surface area contributed by atoms with Crippen molar-refractivity contribution in [1.82, 2.24) is 24.7 Å². The van der Waals surface area contributed by atoms with Crippen molar-refractivity contribution in [3.8, 4) is 0 Å². The Morgan fingerprint density at radius 2 is 1.34 bits per heavy atom. The topological polar surface area (TPSA) is 49.5 Å². The lowest BCUT2D eigenvalue weighted by molar-refractivity contribution is 0.130. The van der Waals surface area contributed by atoms with Crippen LogP contribution in [0.25, 0.3) is 27.4 Å². The van der Waals surface area contributed by atoms with Crippen LogP contribution in [0.2, 0.25) is 0 Å². The number of aryl methyl sites for hydroxylation is 2. The van der Waals surface area contributed by atoms with Crippen LogP contribution in [0, 0.1) is 0 Å². The fraction of sp³-hybridized carbons (Fsp3) is 0.279. The van der Waals surface area contributed by atoms with E-state index in [1.807, 2.05) is 0 Å². The molecule has 2 aliphatic carbocycles. The highest BCUT2D eigenvalue weighted by atomic mass is 32.2. The summed E-state index contributed by atoms with van der Waals surface area (Å²) in [5, 5.41) is 10.8. The lowest BCUT2D eigenvalue weighted by atomic mass is 9.76. The predicted octanol–water partition coefficient (Wildman–Crippen LogP) is 8.13. The average molecular weight is 671 g/mol. The lowest BCUT2D eigenvalue weighted by Gasteiger charge is -2.43. The van der Waals surface area contributed by atoms with Crippen LogP contribution in [0.1, 0.15) is 70.7 Å². The third-order valence-corrected chi connectivity index (χ3v) is 13.7. The van der Waals surface area contributed by atoms with Gasteiger partial charge >= 0.3 is 0 Å². The summed E-state index contributed by atoms with van der Waals surface area (Å²) in [6, 6.07) is 41.3. The Morgan fingerprint density at radius 3 is 2.14 bits per heavy atom. The molecule has 4 aliphatic heterocycles. The molecule has 6 heterocycles. The van der Waals surface area contributed by atoms with Gasteiger partial charge in [0.2, 0.25) is 0 Å². The van der Waals surface area contributed by atoms with E-state index in [1.165, 1.54) is 38.8 Å². The third kappa shape index (κ3) is 3.67. The first-order chi connectivity index (χ1) is 24.8. The molecule has 4 aromatic carbocycles. The molecule has 0 bridgehead atoms. The molecule has 0 saturated carbocycles. The van der Waals surface area contributed by atoms with Gasteiger partial charge in [-0.25, -0.2) is 4.99 Å². The predicted molar refractivity (Wildman–Crippen MR) is 203 cm³/mol. The summed E-state index contributed by atoms with van der Waals surface area (Å²) in [5.41, 5.74) is 14.6. The van der Waals surface area contributed by atoms with Gasteiger partial charge in [0.25, 0.3) is 0 Å². The number of hydrogen-bond acceptors (Lipinski definition) is 5. The summed E-state index contributed by atoms with van der Waals surface area (Å²) < 4.78 is 5.69. The zero-order chi connectivity index (χ0) is 32.5. The summed E-state index contributed by atoms with van der Waals surface area (Å²) in [6.07, 6.45) is 4.09. The fourth-order valence-electron chi connectivity index (χ4n) is 10.7. The standard InChI is InChI=1S/C43H38N6S/c1-3-11-25(12-4-1)41-44-42(26-13-5-2-6-14-26)46-43(45-41)49-33-21-19-29-27-15-7-9-17-31(27)47-35-23-50-24-36(35)48-32-18-10-8-16-28(32)30-20-22-34(49)38(40(30)48)37(33)39(29)47/h1-18,33,35-37,41,43,45H,19-24H2,(H,44,46). The van der Waals surface area contributed by atoms with Crippen LogP contribution in [-0.4, -0.2) is 43.7 Å². The molecule has 6 aromatic rings. The van der Waals surface area contributed by atoms with Gasteiger partial charge in [0.05, 0.1) is 17.8 Å². The van der Waals surface area contributed by atoms with Gasteiger partial charge in [-0.15, -0.1) is 0 Å².